The van der Waals surface area contributed by atoms with Gasteiger partial charge in [-0.25, -0.2) is 4.39 Å². The Bertz CT molecular complexity index is 606. The lowest BCUT2D eigenvalue weighted by Gasteiger charge is -2.14. The molecule has 2 rings (SSSR count). The molecule has 0 aromatic heterocycles. The third kappa shape index (κ3) is 6.74. The van der Waals surface area contributed by atoms with Crippen molar-refractivity contribution < 1.29 is 18.7 Å². The Morgan fingerprint density at radius 1 is 1.19 bits per heavy atom. The van der Waals surface area contributed by atoms with Crippen molar-refractivity contribution in [3.05, 3.63) is 41.7 Å². The van der Waals surface area contributed by atoms with Crippen LogP contribution in [0.3, 0.4) is 0 Å². The molecule has 0 N–H and O–H groups in total. The van der Waals surface area contributed by atoms with E-state index in [2.05, 4.69) is 6.08 Å². The molecule has 0 radical (unpaired) electrons. The number of halogens is 1. The van der Waals surface area contributed by atoms with Crippen molar-refractivity contribution in [1.82, 2.24) is 0 Å². The predicted octanol–water partition coefficient (Wildman–Crippen LogP) is 5.34. The molecule has 26 heavy (non-hydrogen) atoms. The minimum absolute atomic E-state index is 0.108. The summed E-state index contributed by atoms with van der Waals surface area (Å²) in [4.78, 5) is 23.5. The quantitative estimate of drug-likeness (QED) is 0.418. The lowest BCUT2D eigenvalue weighted by molar-refractivity contribution is -0.143. The van der Waals surface area contributed by atoms with E-state index in [1.165, 1.54) is 12.1 Å². The van der Waals surface area contributed by atoms with Crippen molar-refractivity contribution in [1.29, 1.82) is 0 Å². The highest BCUT2D eigenvalue weighted by atomic mass is 19.1. The third-order valence-electron chi connectivity index (χ3n) is 5.01. The first-order valence-electron chi connectivity index (χ1n) is 9.72. The highest BCUT2D eigenvalue weighted by molar-refractivity contribution is 5.83. The van der Waals surface area contributed by atoms with Crippen molar-refractivity contribution in [2.75, 3.05) is 6.61 Å². The minimum atomic E-state index is -0.237. The largest absolute Gasteiger partial charge is 0.466 e. The van der Waals surface area contributed by atoms with Crippen LogP contribution in [0.1, 0.15) is 63.9 Å². The van der Waals surface area contributed by atoms with E-state index in [0.29, 0.717) is 25.2 Å². The summed E-state index contributed by atoms with van der Waals surface area (Å²) in [5.41, 5.74) is 0.962. The van der Waals surface area contributed by atoms with E-state index in [4.69, 9.17) is 4.74 Å². The van der Waals surface area contributed by atoms with Gasteiger partial charge in [-0.1, -0.05) is 43.5 Å². The van der Waals surface area contributed by atoms with E-state index in [1.807, 2.05) is 13.0 Å². The van der Waals surface area contributed by atoms with E-state index in [-0.39, 0.29) is 23.6 Å². The van der Waals surface area contributed by atoms with E-state index in [1.54, 1.807) is 12.1 Å². The van der Waals surface area contributed by atoms with E-state index in [9.17, 15) is 14.0 Å². The standard InChI is InChI=1S/C22H29FO3/c1-2-26-22(25)8-6-4-3-5-7-20-18(13-16-21(20)24)12-9-17-10-14-19(23)15-11-17/h9-12,14-15,18,20H,2-8,13,16H2,1H3/t18-,20+/m1/s1. The number of ether oxygens (including phenoxy) is 1. The minimum Gasteiger partial charge on any atom is -0.466 e. The van der Waals surface area contributed by atoms with Gasteiger partial charge in [0.2, 0.25) is 0 Å². The molecule has 142 valence electrons. The first-order valence-corrected chi connectivity index (χ1v) is 9.72. The van der Waals surface area contributed by atoms with Crippen LogP contribution in [0.5, 0.6) is 0 Å². The summed E-state index contributed by atoms with van der Waals surface area (Å²) in [5, 5.41) is 0. The fraction of sp³-hybridized carbons (Fsp3) is 0.545. The Kier molecular flexibility index (Phi) is 8.52. The maximum absolute atomic E-state index is 13.0. The summed E-state index contributed by atoms with van der Waals surface area (Å²) in [6.45, 7) is 2.26. The number of hydrogen-bond acceptors (Lipinski definition) is 3. The fourth-order valence-corrected chi connectivity index (χ4v) is 3.57. The topological polar surface area (TPSA) is 43.4 Å². The van der Waals surface area contributed by atoms with Crippen LogP contribution in [0, 0.1) is 17.7 Å². The molecule has 0 heterocycles. The number of carbonyl (C=O) groups is 2. The zero-order valence-electron chi connectivity index (χ0n) is 15.6. The van der Waals surface area contributed by atoms with Crippen LogP contribution in [0.15, 0.2) is 30.3 Å². The molecule has 1 saturated carbocycles. The third-order valence-corrected chi connectivity index (χ3v) is 5.01. The monoisotopic (exact) mass is 360 g/mol. The fourth-order valence-electron chi connectivity index (χ4n) is 3.57. The van der Waals surface area contributed by atoms with Gasteiger partial charge >= 0.3 is 5.97 Å². The smallest absolute Gasteiger partial charge is 0.305 e. The van der Waals surface area contributed by atoms with Gasteiger partial charge in [-0.15, -0.1) is 0 Å². The van der Waals surface area contributed by atoms with E-state index in [0.717, 1.165) is 44.1 Å². The van der Waals surface area contributed by atoms with Crippen LogP contribution in [0.4, 0.5) is 4.39 Å². The average Bonchev–Trinajstić information content (AvgIpc) is 2.98. The van der Waals surface area contributed by atoms with Gasteiger partial charge in [0.1, 0.15) is 11.6 Å². The molecule has 2 atom stereocenters. The number of unbranched alkanes of at least 4 members (excludes halogenated alkanes) is 3. The van der Waals surface area contributed by atoms with Gasteiger partial charge in [0, 0.05) is 18.8 Å². The number of esters is 1. The number of carbonyl (C=O) groups excluding carboxylic acids is 2. The zero-order chi connectivity index (χ0) is 18.8. The van der Waals surface area contributed by atoms with Crippen LogP contribution in [-0.2, 0) is 14.3 Å². The number of allylic oxidation sites excluding steroid dienone is 1. The molecule has 1 aromatic rings. The molecule has 0 saturated heterocycles. The second-order valence-electron chi connectivity index (χ2n) is 6.94. The van der Waals surface area contributed by atoms with Gasteiger partial charge in [-0.2, -0.15) is 0 Å². The molecule has 1 aromatic carbocycles. The van der Waals surface area contributed by atoms with Crippen molar-refractivity contribution in [2.45, 2.75) is 58.3 Å². The van der Waals surface area contributed by atoms with E-state index >= 15 is 0 Å². The first-order chi connectivity index (χ1) is 12.6. The van der Waals surface area contributed by atoms with Crippen molar-refractivity contribution in [2.24, 2.45) is 11.8 Å². The van der Waals surface area contributed by atoms with Crippen molar-refractivity contribution in [3.8, 4) is 0 Å². The lowest BCUT2D eigenvalue weighted by atomic mass is 9.89. The predicted molar refractivity (Wildman–Crippen MR) is 101 cm³/mol. The van der Waals surface area contributed by atoms with Crippen LogP contribution >= 0.6 is 0 Å². The second-order valence-corrected chi connectivity index (χ2v) is 6.94. The van der Waals surface area contributed by atoms with Gasteiger partial charge in [-0.05, 0) is 49.8 Å². The molecule has 3 nitrogen and oxygen atoms in total. The number of hydrogen-bond donors (Lipinski definition) is 0. The summed E-state index contributed by atoms with van der Waals surface area (Å²) < 4.78 is 17.9. The van der Waals surface area contributed by atoms with Gasteiger partial charge in [0.05, 0.1) is 6.61 Å². The molecule has 0 bridgehead atoms. The van der Waals surface area contributed by atoms with Gasteiger partial charge in [0.25, 0.3) is 0 Å². The highest BCUT2D eigenvalue weighted by Crippen LogP contribution is 2.34. The number of rotatable bonds is 10. The molecule has 0 unspecified atom stereocenters. The summed E-state index contributed by atoms with van der Waals surface area (Å²) in [7, 11) is 0. The van der Waals surface area contributed by atoms with Crippen LogP contribution in [0.2, 0.25) is 0 Å². The molecule has 4 heteroatoms. The molecule has 0 spiro atoms. The molecule has 0 amide bonds. The molecule has 1 aliphatic carbocycles. The average molecular weight is 360 g/mol. The lowest BCUT2D eigenvalue weighted by Crippen LogP contribution is -2.13. The van der Waals surface area contributed by atoms with Crippen LogP contribution < -0.4 is 0 Å². The Labute approximate surface area is 155 Å². The SMILES string of the molecule is CCOC(=O)CCCCCC[C@@H]1C(=O)CC[C@H]1C=Cc1ccc(F)cc1. The normalized spacial score (nSPS) is 20.0. The summed E-state index contributed by atoms with van der Waals surface area (Å²) in [6, 6.07) is 6.41. The van der Waals surface area contributed by atoms with Gasteiger partial charge in [0.15, 0.2) is 0 Å². The Balaban J connectivity index is 1.72. The second kappa shape index (κ2) is 10.9. The maximum Gasteiger partial charge on any atom is 0.305 e. The summed E-state index contributed by atoms with van der Waals surface area (Å²) in [5.74, 6) is 0.401. The molecule has 0 aliphatic heterocycles. The molecule has 1 aliphatic rings. The highest BCUT2D eigenvalue weighted by Gasteiger charge is 2.32. The van der Waals surface area contributed by atoms with Gasteiger partial charge in [-0.3, -0.25) is 9.59 Å². The van der Waals surface area contributed by atoms with E-state index < -0.39 is 0 Å². The van der Waals surface area contributed by atoms with Crippen molar-refractivity contribution in [3.63, 3.8) is 0 Å². The van der Waals surface area contributed by atoms with Crippen LogP contribution in [0.25, 0.3) is 6.08 Å². The van der Waals surface area contributed by atoms with Gasteiger partial charge < -0.3 is 4.74 Å². The Morgan fingerprint density at radius 3 is 2.65 bits per heavy atom. The zero-order valence-corrected chi connectivity index (χ0v) is 15.6. The number of Topliss-reactive ketones (excluding diaryl/α,β-unsaturated/α-hetero) is 1. The van der Waals surface area contributed by atoms with Crippen molar-refractivity contribution >= 4 is 17.8 Å². The first kappa shape index (κ1) is 20.3. The molecular formula is C22H29FO3. The number of ketones is 1. The summed E-state index contributed by atoms with van der Waals surface area (Å²) in [6.07, 6.45) is 11.0. The Hall–Kier alpha value is -1.97. The maximum atomic E-state index is 13.0. The Morgan fingerprint density at radius 2 is 1.92 bits per heavy atom. The molecule has 1 fully saturated rings. The summed E-state index contributed by atoms with van der Waals surface area (Å²) >= 11 is 0. The van der Waals surface area contributed by atoms with Crippen LogP contribution in [-0.4, -0.2) is 18.4 Å². The number of benzene rings is 1. The molecular weight excluding hydrogens is 331 g/mol.